The van der Waals surface area contributed by atoms with E-state index < -0.39 is 11.9 Å². The highest BCUT2D eigenvalue weighted by atomic mass is 19.1. The van der Waals surface area contributed by atoms with Crippen LogP contribution >= 0.6 is 0 Å². The van der Waals surface area contributed by atoms with Crippen molar-refractivity contribution in [3.05, 3.63) is 52.3 Å². The molecule has 1 atom stereocenters. The van der Waals surface area contributed by atoms with Gasteiger partial charge in [-0.1, -0.05) is 5.16 Å². The SMILES string of the molecule is CNC[C@@H](O)COc1ccc(F)c(-c2nc(C3=C(C)CN=C3C)c(C)c(-c3c(C)noc3C)n2)c1. The second kappa shape index (κ2) is 10.1. The summed E-state index contributed by atoms with van der Waals surface area (Å²) in [5.41, 5.74) is 6.77. The van der Waals surface area contributed by atoms with Crippen molar-refractivity contribution < 1.29 is 18.8 Å². The van der Waals surface area contributed by atoms with E-state index in [1.165, 1.54) is 12.1 Å². The van der Waals surface area contributed by atoms with Crippen molar-refractivity contribution in [2.45, 2.75) is 40.7 Å². The maximum atomic E-state index is 15.1. The Labute approximate surface area is 204 Å². The van der Waals surface area contributed by atoms with Crippen molar-refractivity contribution >= 4 is 11.3 Å². The number of nitrogens with zero attached hydrogens (tertiary/aromatic N) is 4. The van der Waals surface area contributed by atoms with Crippen LogP contribution in [0.25, 0.3) is 28.2 Å². The molecule has 0 unspecified atom stereocenters. The van der Waals surface area contributed by atoms with Gasteiger partial charge >= 0.3 is 0 Å². The molecule has 184 valence electrons. The lowest BCUT2D eigenvalue weighted by Crippen LogP contribution is -2.29. The highest BCUT2D eigenvalue weighted by Gasteiger charge is 2.26. The highest BCUT2D eigenvalue weighted by Crippen LogP contribution is 2.36. The molecule has 2 N–H and O–H groups in total. The van der Waals surface area contributed by atoms with Crippen LogP contribution in [0.4, 0.5) is 4.39 Å². The second-order valence-corrected chi connectivity index (χ2v) is 8.79. The third-order valence-electron chi connectivity index (χ3n) is 6.06. The first-order chi connectivity index (χ1) is 16.7. The van der Waals surface area contributed by atoms with E-state index in [0.29, 0.717) is 41.7 Å². The Balaban J connectivity index is 1.88. The molecule has 2 aromatic heterocycles. The summed E-state index contributed by atoms with van der Waals surface area (Å²) in [7, 11) is 1.75. The van der Waals surface area contributed by atoms with E-state index in [4.69, 9.17) is 19.2 Å². The lowest BCUT2D eigenvalue weighted by Gasteiger charge is -2.16. The lowest BCUT2D eigenvalue weighted by atomic mass is 9.96. The summed E-state index contributed by atoms with van der Waals surface area (Å²) in [6.45, 7) is 10.7. The molecule has 0 bridgehead atoms. The maximum absolute atomic E-state index is 15.1. The van der Waals surface area contributed by atoms with Crippen LogP contribution in [0.15, 0.2) is 33.3 Å². The van der Waals surface area contributed by atoms with Crippen LogP contribution in [0, 0.1) is 26.6 Å². The fourth-order valence-electron chi connectivity index (χ4n) is 4.28. The van der Waals surface area contributed by atoms with E-state index in [1.807, 2.05) is 34.6 Å². The zero-order valence-electron chi connectivity index (χ0n) is 20.9. The number of likely N-dealkylation sites (N-methyl/N-ethyl adjacent to an activating group) is 1. The average Bonchev–Trinajstić information content (AvgIpc) is 3.34. The fraction of sp³-hybridized carbons (Fsp3) is 0.385. The molecule has 3 heterocycles. The minimum absolute atomic E-state index is 0.0674. The smallest absolute Gasteiger partial charge is 0.163 e. The van der Waals surface area contributed by atoms with Gasteiger partial charge in [0.15, 0.2) is 5.82 Å². The molecule has 0 saturated heterocycles. The molecule has 0 fully saturated rings. The zero-order chi connectivity index (χ0) is 25.3. The van der Waals surface area contributed by atoms with E-state index in [1.54, 1.807) is 13.1 Å². The van der Waals surface area contributed by atoms with Gasteiger partial charge in [-0.2, -0.15) is 0 Å². The van der Waals surface area contributed by atoms with Crippen molar-refractivity contribution in [3.63, 3.8) is 0 Å². The van der Waals surface area contributed by atoms with Gasteiger partial charge in [-0.3, -0.25) is 4.99 Å². The molecule has 0 amide bonds. The Bertz CT molecular complexity index is 1310. The molecule has 0 radical (unpaired) electrons. The summed E-state index contributed by atoms with van der Waals surface area (Å²) in [4.78, 5) is 14.2. The summed E-state index contributed by atoms with van der Waals surface area (Å²) >= 11 is 0. The normalized spacial score (nSPS) is 14.5. The number of nitrogens with one attached hydrogen (secondary N) is 1. The number of rotatable bonds is 8. The van der Waals surface area contributed by atoms with Gasteiger partial charge in [0.05, 0.1) is 34.8 Å². The predicted octanol–water partition coefficient (Wildman–Crippen LogP) is 4.07. The number of aliphatic hydroxyl groups excluding tert-OH is 1. The number of allylic oxidation sites excluding steroid dienone is 1. The van der Waals surface area contributed by atoms with Crippen molar-refractivity contribution in [2.24, 2.45) is 4.99 Å². The lowest BCUT2D eigenvalue weighted by molar-refractivity contribution is 0.108. The summed E-state index contributed by atoms with van der Waals surface area (Å²) in [5.74, 6) is 0.782. The van der Waals surface area contributed by atoms with Gasteiger partial charge in [-0.15, -0.1) is 0 Å². The Kier molecular flexibility index (Phi) is 7.09. The maximum Gasteiger partial charge on any atom is 0.163 e. The molecule has 1 aliphatic heterocycles. The topological polar surface area (TPSA) is 106 Å². The molecule has 0 spiro atoms. The van der Waals surface area contributed by atoms with Crippen LogP contribution in [0.1, 0.15) is 36.6 Å². The summed E-state index contributed by atoms with van der Waals surface area (Å²) in [6, 6.07) is 4.40. The largest absolute Gasteiger partial charge is 0.491 e. The Hall–Kier alpha value is -3.43. The molecule has 0 aliphatic carbocycles. The van der Waals surface area contributed by atoms with E-state index >= 15 is 4.39 Å². The van der Waals surface area contributed by atoms with Crippen LogP contribution in [0.2, 0.25) is 0 Å². The molecule has 8 nitrogen and oxygen atoms in total. The first-order valence-corrected chi connectivity index (χ1v) is 11.5. The molecule has 4 rings (SSSR count). The van der Waals surface area contributed by atoms with Crippen LogP contribution in [-0.2, 0) is 0 Å². The van der Waals surface area contributed by atoms with Gasteiger partial charge in [-0.25, -0.2) is 14.4 Å². The summed E-state index contributed by atoms with van der Waals surface area (Å²) < 4.78 is 26.2. The van der Waals surface area contributed by atoms with Crippen molar-refractivity contribution in [1.82, 2.24) is 20.4 Å². The van der Waals surface area contributed by atoms with E-state index in [2.05, 4.69) is 15.5 Å². The van der Waals surface area contributed by atoms with E-state index in [0.717, 1.165) is 28.0 Å². The van der Waals surface area contributed by atoms with Gasteiger partial charge < -0.3 is 19.7 Å². The molecule has 35 heavy (non-hydrogen) atoms. The van der Waals surface area contributed by atoms with Crippen molar-refractivity contribution in [2.75, 3.05) is 26.7 Å². The Morgan fingerprint density at radius 3 is 2.51 bits per heavy atom. The van der Waals surface area contributed by atoms with Crippen molar-refractivity contribution in [1.29, 1.82) is 0 Å². The van der Waals surface area contributed by atoms with Gasteiger partial charge in [-0.05, 0) is 65.4 Å². The highest BCUT2D eigenvalue weighted by molar-refractivity contribution is 6.25. The number of hydrogen-bond acceptors (Lipinski definition) is 8. The van der Waals surface area contributed by atoms with Crippen LogP contribution < -0.4 is 10.1 Å². The number of ether oxygens (including phenoxy) is 1. The first-order valence-electron chi connectivity index (χ1n) is 11.5. The minimum Gasteiger partial charge on any atom is -0.491 e. The van der Waals surface area contributed by atoms with Crippen LogP contribution in [0.3, 0.4) is 0 Å². The number of aliphatic hydroxyl groups is 1. The second-order valence-electron chi connectivity index (χ2n) is 8.79. The Morgan fingerprint density at radius 1 is 1.14 bits per heavy atom. The standard InChI is InChI=1S/C26H30FN5O3/c1-13-10-29-15(3)22(13)24-14(2)25(23-16(4)32-35-17(23)5)31-26(30-24)20-9-19(7-8-21(20)27)34-12-18(33)11-28-6/h7-9,18,28,33H,10-12H2,1-6H3/t18-/m1/s1. The average molecular weight is 480 g/mol. The number of hydrogen-bond donors (Lipinski definition) is 2. The first kappa shape index (κ1) is 24.7. The predicted molar refractivity (Wildman–Crippen MR) is 133 cm³/mol. The van der Waals surface area contributed by atoms with Gasteiger partial charge in [0.2, 0.25) is 0 Å². The third-order valence-corrected chi connectivity index (χ3v) is 6.06. The molecular weight excluding hydrogens is 449 g/mol. The zero-order valence-corrected chi connectivity index (χ0v) is 20.9. The molecule has 3 aromatic rings. The molecule has 9 heteroatoms. The van der Waals surface area contributed by atoms with Gasteiger partial charge in [0.1, 0.15) is 30.0 Å². The number of halogens is 1. The van der Waals surface area contributed by atoms with Crippen molar-refractivity contribution in [3.8, 4) is 28.4 Å². The monoisotopic (exact) mass is 479 g/mol. The number of aryl methyl sites for hydroxylation is 2. The minimum atomic E-state index is -0.693. The molecular formula is C26H30FN5O3. The number of aliphatic imine (C=N–C) groups is 1. The molecule has 1 aromatic carbocycles. The molecule has 0 saturated carbocycles. The number of benzene rings is 1. The number of aromatic nitrogens is 3. The van der Waals surface area contributed by atoms with Gasteiger partial charge in [0, 0.05) is 23.4 Å². The summed E-state index contributed by atoms with van der Waals surface area (Å²) in [6.07, 6.45) is -0.693. The Morgan fingerprint density at radius 2 is 1.89 bits per heavy atom. The van der Waals surface area contributed by atoms with Gasteiger partial charge in [0.25, 0.3) is 0 Å². The van der Waals surface area contributed by atoms with Crippen LogP contribution in [0.5, 0.6) is 5.75 Å². The fourth-order valence-corrected chi connectivity index (χ4v) is 4.28. The van der Waals surface area contributed by atoms with E-state index in [9.17, 15) is 5.11 Å². The summed E-state index contributed by atoms with van der Waals surface area (Å²) in [5, 5.41) is 16.9. The quantitative estimate of drug-likeness (QED) is 0.502. The third kappa shape index (κ3) is 4.87. The molecule has 1 aliphatic rings. The van der Waals surface area contributed by atoms with Crippen LogP contribution in [-0.4, -0.2) is 58.8 Å². The van der Waals surface area contributed by atoms with E-state index in [-0.39, 0.29) is 18.0 Å².